The lowest BCUT2D eigenvalue weighted by atomic mass is 10.3. The van der Waals surface area contributed by atoms with E-state index in [1.54, 1.807) is 25.3 Å². The highest BCUT2D eigenvalue weighted by atomic mass is 16.5. The molecule has 0 saturated heterocycles. The van der Waals surface area contributed by atoms with E-state index in [1.807, 2.05) is 0 Å². The van der Waals surface area contributed by atoms with E-state index in [1.165, 1.54) is 7.11 Å². The number of para-hydroxylation sites is 1. The number of rotatable bonds is 2. The molecule has 0 fully saturated rings. The number of hydrogen-bond acceptors (Lipinski definition) is 2. The van der Waals surface area contributed by atoms with Crippen LogP contribution in [0.1, 0.15) is 0 Å². The Labute approximate surface area is 71.4 Å². The first-order valence-corrected chi connectivity index (χ1v) is 3.42. The first-order valence-electron chi connectivity index (χ1n) is 3.42. The van der Waals surface area contributed by atoms with Crippen molar-refractivity contribution >= 4 is 5.69 Å². The van der Waals surface area contributed by atoms with Crippen molar-refractivity contribution in [2.75, 3.05) is 14.2 Å². The second-order valence-electron chi connectivity index (χ2n) is 2.12. The molecular formula is C9H9NO2. The zero-order valence-electron chi connectivity index (χ0n) is 7.00. The third kappa shape index (κ3) is 1.32. The quantitative estimate of drug-likeness (QED) is 0.624. The van der Waals surface area contributed by atoms with Crippen molar-refractivity contribution < 1.29 is 9.47 Å². The first kappa shape index (κ1) is 8.41. The normalized spacial score (nSPS) is 8.75. The molecule has 0 bridgehead atoms. The fourth-order valence-electron chi connectivity index (χ4n) is 0.958. The Hall–Kier alpha value is -1.69. The molecular weight excluding hydrogens is 154 g/mol. The van der Waals surface area contributed by atoms with Gasteiger partial charge in [0.15, 0.2) is 5.75 Å². The number of hydrogen-bond donors (Lipinski definition) is 0. The molecule has 0 unspecified atom stereocenters. The molecule has 1 rings (SSSR count). The summed E-state index contributed by atoms with van der Waals surface area (Å²) in [4.78, 5) is 3.29. The van der Waals surface area contributed by atoms with Crippen LogP contribution in [0.4, 0.5) is 5.69 Å². The predicted molar refractivity (Wildman–Crippen MR) is 45.8 cm³/mol. The van der Waals surface area contributed by atoms with Gasteiger partial charge < -0.3 is 9.47 Å². The maximum absolute atomic E-state index is 6.85. The summed E-state index contributed by atoms with van der Waals surface area (Å²) >= 11 is 0. The SMILES string of the molecule is [C-]#[N+]c1cccc(OC)c1OC. The molecule has 0 atom stereocenters. The lowest BCUT2D eigenvalue weighted by Gasteiger charge is -2.07. The number of nitrogens with zero attached hydrogens (tertiary/aromatic N) is 1. The Kier molecular flexibility index (Phi) is 2.54. The maximum Gasteiger partial charge on any atom is 0.231 e. The van der Waals surface area contributed by atoms with Crippen molar-refractivity contribution in [3.05, 3.63) is 29.6 Å². The van der Waals surface area contributed by atoms with Gasteiger partial charge in [-0.25, -0.2) is 4.85 Å². The highest BCUT2D eigenvalue weighted by Gasteiger charge is 2.07. The molecule has 0 amide bonds. The lowest BCUT2D eigenvalue weighted by molar-refractivity contribution is 0.357. The largest absolute Gasteiger partial charge is 0.504 e. The summed E-state index contributed by atoms with van der Waals surface area (Å²) in [5.74, 6) is 1.08. The minimum atomic E-state index is 0.469. The molecule has 12 heavy (non-hydrogen) atoms. The van der Waals surface area contributed by atoms with Crippen LogP contribution in [0.5, 0.6) is 11.5 Å². The van der Waals surface area contributed by atoms with Gasteiger partial charge in [-0.05, 0) is 6.07 Å². The van der Waals surface area contributed by atoms with Gasteiger partial charge in [0, 0.05) is 0 Å². The topological polar surface area (TPSA) is 22.8 Å². The van der Waals surface area contributed by atoms with E-state index in [4.69, 9.17) is 16.0 Å². The number of ether oxygens (including phenoxy) is 2. The van der Waals surface area contributed by atoms with Crippen LogP contribution < -0.4 is 9.47 Å². The summed E-state index contributed by atoms with van der Waals surface area (Å²) in [7, 11) is 3.07. The predicted octanol–water partition coefficient (Wildman–Crippen LogP) is 2.25. The van der Waals surface area contributed by atoms with Crippen LogP contribution >= 0.6 is 0 Å². The Bertz CT molecular complexity index is 315. The van der Waals surface area contributed by atoms with Gasteiger partial charge in [-0.3, -0.25) is 0 Å². The van der Waals surface area contributed by atoms with Crippen molar-refractivity contribution in [3.63, 3.8) is 0 Å². The van der Waals surface area contributed by atoms with Gasteiger partial charge in [0.25, 0.3) is 0 Å². The Morgan fingerprint density at radius 2 is 2.00 bits per heavy atom. The second-order valence-corrected chi connectivity index (χ2v) is 2.12. The van der Waals surface area contributed by atoms with Gasteiger partial charge in [0.2, 0.25) is 5.69 Å². The maximum atomic E-state index is 6.85. The first-order chi connectivity index (χ1) is 5.83. The summed E-state index contributed by atoms with van der Waals surface area (Å²) in [6, 6.07) is 5.20. The molecule has 0 heterocycles. The van der Waals surface area contributed by atoms with Crippen molar-refractivity contribution in [1.82, 2.24) is 0 Å². The highest BCUT2D eigenvalue weighted by molar-refractivity contribution is 5.63. The molecule has 0 saturated carbocycles. The summed E-state index contributed by atoms with van der Waals surface area (Å²) in [5, 5.41) is 0. The third-order valence-electron chi connectivity index (χ3n) is 1.50. The van der Waals surface area contributed by atoms with Crippen molar-refractivity contribution in [2.45, 2.75) is 0 Å². The molecule has 0 aliphatic carbocycles. The van der Waals surface area contributed by atoms with E-state index in [0.29, 0.717) is 17.2 Å². The summed E-state index contributed by atoms with van der Waals surface area (Å²) in [6.45, 7) is 6.85. The van der Waals surface area contributed by atoms with E-state index in [0.717, 1.165) is 0 Å². The van der Waals surface area contributed by atoms with E-state index in [2.05, 4.69) is 4.85 Å². The van der Waals surface area contributed by atoms with Gasteiger partial charge in [0.1, 0.15) is 5.75 Å². The summed E-state index contributed by atoms with van der Waals surface area (Å²) in [5.41, 5.74) is 0.469. The van der Waals surface area contributed by atoms with Gasteiger partial charge in [0.05, 0.1) is 20.8 Å². The molecule has 62 valence electrons. The number of methoxy groups -OCH3 is 2. The molecule has 1 aromatic carbocycles. The molecule has 0 N–H and O–H groups in total. The molecule has 3 heteroatoms. The molecule has 3 nitrogen and oxygen atoms in total. The fourth-order valence-corrected chi connectivity index (χ4v) is 0.958. The zero-order valence-corrected chi connectivity index (χ0v) is 7.00. The average molecular weight is 163 g/mol. The molecule has 0 aliphatic heterocycles. The molecule has 0 radical (unpaired) electrons. The molecule has 0 aliphatic rings. The number of benzene rings is 1. The standard InChI is InChI=1S/C9H9NO2/c1-10-7-5-4-6-8(11-2)9(7)12-3/h4-6H,2-3H3. The Balaban J connectivity index is 3.24. The Morgan fingerprint density at radius 1 is 1.25 bits per heavy atom. The lowest BCUT2D eigenvalue weighted by Crippen LogP contribution is -1.89. The average Bonchev–Trinajstić information content (AvgIpc) is 2.16. The Morgan fingerprint density at radius 3 is 2.50 bits per heavy atom. The minimum absolute atomic E-state index is 0.469. The van der Waals surface area contributed by atoms with E-state index in [-0.39, 0.29) is 0 Å². The third-order valence-corrected chi connectivity index (χ3v) is 1.50. The summed E-state index contributed by atoms with van der Waals surface area (Å²) < 4.78 is 10.0. The van der Waals surface area contributed by atoms with Crippen LogP contribution in [0.2, 0.25) is 0 Å². The van der Waals surface area contributed by atoms with E-state index >= 15 is 0 Å². The van der Waals surface area contributed by atoms with Gasteiger partial charge >= 0.3 is 0 Å². The van der Waals surface area contributed by atoms with Crippen molar-refractivity contribution in [1.29, 1.82) is 0 Å². The van der Waals surface area contributed by atoms with Crippen LogP contribution in [0.15, 0.2) is 18.2 Å². The minimum Gasteiger partial charge on any atom is -0.504 e. The zero-order chi connectivity index (χ0) is 8.97. The van der Waals surface area contributed by atoms with E-state index in [9.17, 15) is 0 Å². The van der Waals surface area contributed by atoms with Gasteiger partial charge in [-0.2, -0.15) is 0 Å². The molecule has 0 spiro atoms. The fraction of sp³-hybridized carbons (Fsp3) is 0.222. The van der Waals surface area contributed by atoms with E-state index < -0.39 is 0 Å². The summed E-state index contributed by atoms with van der Waals surface area (Å²) in [6.07, 6.45) is 0. The smallest absolute Gasteiger partial charge is 0.231 e. The van der Waals surface area contributed by atoms with Gasteiger partial charge in [-0.15, -0.1) is 0 Å². The van der Waals surface area contributed by atoms with Gasteiger partial charge in [-0.1, -0.05) is 12.1 Å². The van der Waals surface area contributed by atoms with Crippen LogP contribution in [-0.4, -0.2) is 14.2 Å². The molecule has 1 aromatic rings. The van der Waals surface area contributed by atoms with Crippen molar-refractivity contribution in [2.24, 2.45) is 0 Å². The van der Waals surface area contributed by atoms with Crippen LogP contribution in [-0.2, 0) is 0 Å². The highest BCUT2D eigenvalue weighted by Crippen LogP contribution is 2.36. The molecule has 0 aromatic heterocycles. The second kappa shape index (κ2) is 3.63. The van der Waals surface area contributed by atoms with Crippen LogP contribution in [0.3, 0.4) is 0 Å². The van der Waals surface area contributed by atoms with Crippen molar-refractivity contribution in [3.8, 4) is 11.5 Å². The van der Waals surface area contributed by atoms with Crippen LogP contribution in [0.25, 0.3) is 4.85 Å². The monoisotopic (exact) mass is 163 g/mol. The van der Waals surface area contributed by atoms with Crippen LogP contribution in [0, 0.1) is 6.57 Å².